The summed E-state index contributed by atoms with van der Waals surface area (Å²) in [5.41, 5.74) is 4.49. The van der Waals surface area contributed by atoms with Crippen LogP contribution in [0.2, 0.25) is 0 Å². The zero-order chi connectivity index (χ0) is 19.0. The number of nitrogens with one attached hydrogen (secondary N) is 1. The highest BCUT2D eigenvalue weighted by atomic mass is 16.5. The largest absolute Gasteiger partial charge is 0.389 e. The lowest BCUT2D eigenvalue weighted by atomic mass is 10.0. The Kier molecular flexibility index (Phi) is 5.01. The monoisotopic (exact) mass is 372 g/mol. The summed E-state index contributed by atoms with van der Waals surface area (Å²) >= 11 is 0. The molecule has 0 spiro atoms. The summed E-state index contributed by atoms with van der Waals surface area (Å²) in [6, 6.07) is 2.09. The Morgan fingerprint density at radius 1 is 1.33 bits per heavy atom. The van der Waals surface area contributed by atoms with Gasteiger partial charge in [0.15, 0.2) is 0 Å². The summed E-state index contributed by atoms with van der Waals surface area (Å²) in [6.45, 7) is 7.65. The Hall–Kier alpha value is -2.19. The number of nitrogens with zero attached hydrogens (tertiary/aromatic N) is 5. The first kappa shape index (κ1) is 18.2. The molecule has 4 rings (SSSR count). The van der Waals surface area contributed by atoms with E-state index in [0.29, 0.717) is 25.0 Å². The number of H-pyrrole nitrogens is 1. The fourth-order valence-electron chi connectivity index (χ4n) is 3.71. The van der Waals surface area contributed by atoms with Gasteiger partial charge >= 0.3 is 0 Å². The normalized spacial score (nSPS) is 20.1. The maximum Gasteiger partial charge on any atom is 0.227 e. The molecule has 2 aromatic heterocycles. The second kappa shape index (κ2) is 7.44. The number of rotatable bonds is 6. The molecule has 0 aliphatic carbocycles. The average Bonchev–Trinajstić information content (AvgIpc) is 3.27. The van der Waals surface area contributed by atoms with E-state index in [0.717, 1.165) is 55.5 Å². The lowest BCUT2D eigenvalue weighted by Gasteiger charge is -2.36. The third-order valence-corrected chi connectivity index (χ3v) is 5.58. The van der Waals surface area contributed by atoms with Gasteiger partial charge < -0.3 is 19.6 Å². The zero-order valence-corrected chi connectivity index (χ0v) is 16.3. The first-order valence-electron chi connectivity index (χ1n) is 9.62. The van der Waals surface area contributed by atoms with Crippen molar-refractivity contribution in [1.29, 1.82) is 0 Å². The van der Waals surface area contributed by atoms with Gasteiger partial charge in [-0.2, -0.15) is 10.1 Å². The smallest absolute Gasteiger partial charge is 0.227 e. The van der Waals surface area contributed by atoms with Crippen LogP contribution in [0.1, 0.15) is 35.0 Å². The highest BCUT2D eigenvalue weighted by molar-refractivity contribution is 5.48. The molecule has 2 saturated heterocycles. The third kappa shape index (κ3) is 3.77. The van der Waals surface area contributed by atoms with Crippen molar-refractivity contribution in [3.63, 3.8) is 0 Å². The van der Waals surface area contributed by atoms with E-state index in [2.05, 4.69) is 35.1 Å². The molecule has 0 radical (unpaired) electrons. The Morgan fingerprint density at radius 2 is 2.15 bits per heavy atom. The van der Waals surface area contributed by atoms with E-state index in [9.17, 15) is 5.11 Å². The number of aliphatic hydroxyl groups is 1. The van der Waals surface area contributed by atoms with Gasteiger partial charge in [-0.15, -0.1) is 0 Å². The lowest BCUT2D eigenvalue weighted by molar-refractivity contribution is 0.140. The molecule has 0 aromatic carbocycles. The minimum atomic E-state index is -0.278. The van der Waals surface area contributed by atoms with Crippen LogP contribution in [-0.2, 0) is 11.2 Å². The standard InChI is InChI=1S/C19H28N6O2/c1-12-16(13(2)23-22-12)4-6-24(3)18-8-17(14-5-7-27-11-14)20-19(21-18)25-9-15(26)10-25/h8,14-15,26H,4-7,9-11H2,1-3H3,(H,22,23)/t14-/m0/s1. The Labute approximate surface area is 159 Å². The van der Waals surface area contributed by atoms with Crippen molar-refractivity contribution in [1.82, 2.24) is 20.2 Å². The highest BCUT2D eigenvalue weighted by Crippen LogP contribution is 2.29. The number of aryl methyl sites for hydroxylation is 2. The van der Waals surface area contributed by atoms with Gasteiger partial charge in [0.2, 0.25) is 5.95 Å². The van der Waals surface area contributed by atoms with Crippen LogP contribution < -0.4 is 9.80 Å². The Bertz CT molecular complexity index is 776. The van der Waals surface area contributed by atoms with Crippen LogP contribution in [-0.4, -0.2) is 71.3 Å². The van der Waals surface area contributed by atoms with Gasteiger partial charge in [-0.05, 0) is 32.3 Å². The minimum Gasteiger partial charge on any atom is -0.389 e. The van der Waals surface area contributed by atoms with Crippen molar-refractivity contribution >= 4 is 11.8 Å². The molecule has 2 aromatic rings. The zero-order valence-electron chi connectivity index (χ0n) is 16.3. The Morgan fingerprint density at radius 3 is 2.78 bits per heavy atom. The number of aromatic nitrogens is 4. The molecule has 4 heterocycles. The maximum atomic E-state index is 9.64. The molecule has 1 atom stereocenters. The van der Waals surface area contributed by atoms with Crippen LogP contribution in [0.25, 0.3) is 0 Å². The second-order valence-corrected chi connectivity index (χ2v) is 7.65. The molecule has 0 saturated carbocycles. The summed E-state index contributed by atoms with van der Waals surface area (Å²) in [4.78, 5) is 13.8. The van der Waals surface area contributed by atoms with Crippen molar-refractivity contribution in [2.24, 2.45) is 0 Å². The topological polar surface area (TPSA) is 90.4 Å². The average molecular weight is 372 g/mol. The van der Waals surface area contributed by atoms with E-state index in [1.807, 2.05) is 11.8 Å². The van der Waals surface area contributed by atoms with Crippen molar-refractivity contribution in [3.05, 3.63) is 28.7 Å². The number of hydrogen-bond donors (Lipinski definition) is 2. The highest BCUT2D eigenvalue weighted by Gasteiger charge is 2.29. The summed E-state index contributed by atoms with van der Waals surface area (Å²) in [6.07, 6.45) is 1.63. The molecule has 2 N–H and O–H groups in total. The van der Waals surface area contributed by atoms with Crippen LogP contribution in [0.3, 0.4) is 0 Å². The molecule has 27 heavy (non-hydrogen) atoms. The van der Waals surface area contributed by atoms with E-state index >= 15 is 0 Å². The fourth-order valence-corrected chi connectivity index (χ4v) is 3.71. The molecular formula is C19H28N6O2. The van der Waals surface area contributed by atoms with E-state index in [1.165, 1.54) is 5.56 Å². The summed E-state index contributed by atoms with van der Waals surface area (Å²) in [5.74, 6) is 1.95. The first-order chi connectivity index (χ1) is 13.0. The van der Waals surface area contributed by atoms with E-state index in [-0.39, 0.29) is 6.10 Å². The number of ether oxygens (including phenoxy) is 1. The summed E-state index contributed by atoms with van der Waals surface area (Å²) in [7, 11) is 2.07. The van der Waals surface area contributed by atoms with Gasteiger partial charge in [0, 0.05) is 51.0 Å². The predicted molar refractivity (Wildman–Crippen MR) is 103 cm³/mol. The van der Waals surface area contributed by atoms with Gasteiger partial charge in [-0.3, -0.25) is 5.10 Å². The number of aliphatic hydroxyl groups excluding tert-OH is 1. The predicted octanol–water partition coefficient (Wildman–Crippen LogP) is 1.18. The molecule has 0 bridgehead atoms. The van der Waals surface area contributed by atoms with Crippen molar-refractivity contribution in [2.75, 3.05) is 49.7 Å². The minimum absolute atomic E-state index is 0.278. The molecule has 2 aliphatic rings. The van der Waals surface area contributed by atoms with Crippen LogP contribution in [0.5, 0.6) is 0 Å². The quantitative estimate of drug-likeness (QED) is 0.787. The molecule has 2 fully saturated rings. The summed E-state index contributed by atoms with van der Waals surface area (Å²) < 4.78 is 5.55. The van der Waals surface area contributed by atoms with Crippen LogP contribution in [0.15, 0.2) is 6.07 Å². The van der Waals surface area contributed by atoms with E-state index < -0.39 is 0 Å². The van der Waals surface area contributed by atoms with E-state index in [4.69, 9.17) is 14.7 Å². The van der Waals surface area contributed by atoms with Crippen molar-refractivity contribution < 1.29 is 9.84 Å². The van der Waals surface area contributed by atoms with Gasteiger partial charge in [0.25, 0.3) is 0 Å². The van der Waals surface area contributed by atoms with Crippen molar-refractivity contribution in [2.45, 2.75) is 38.7 Å². The Balaban J connectivity index is 1.54. The molecule has 8 nitrogen and oxygen atoms in total. The number of aromatic amines is 1. The third-order valence-electron chi connectivity index (χ3n) is 5.58. The number of hydrogen-bond acceptors (Lipinski definition) is 7. The number of anilines is 2. The fraction of sp³-hybridized carbons (Fsp3) is 0.632. The van der Waals surface area contributed by atoms with Crippen LogP contribution in [0, 0.1) is 13.8 Å². The van der Waals surface area contributed by atoms with Gasteiger partial charge in [-0.25, -0.2) is 4.98 Å². The maximum absolute atomic E-state index is 9.64. The number of β-amino-alcohol motifs (C(OH)–C–C–N with tert-alkyl or cyclic N) is 1. The number of likely N-dealkylation sites (N-methyl/N-ethyl adjacent to an activating group) is 1. The van der Waals surface area contributed by atoms with Crippen LogP contribution in [0.4, 0.5) is 11.8 Å². The SMILES string of the molecule is Cc1n[nH]c(C)c1CCN(C)c1cc([C@H]2CCOC2)nc(N2CC(O)C2)n1. The second-order valence-electron chi connectivity index (χ2n) is 7.65. The summed E-state index contributed by atoms with van der Waals surface area (Å²) in [5, 5.41) is 17.0. The van der Waals surface area contributed by atoms with Crippen LogP contribution >= 0.6 is 0 Å². The molecular weight excluding hydrogens is 344 g/mol. The molecule has 2 aliphatic heterocycles. The lowest BCUT2D eigenvalue weighted by Crippen LogP contribution is -2.51. The van der Waals surface area contributed by atoms with Gasteiger partial charge in [0.05, 0.1) is 24.1 Å². The molecule has 8 heteroatoms. The van der Waals surface area contributed by atoms with Gasteiger partial charge in [-0.1, -0.05) is 0 Å². The molecule has 0 amide bonds. The molecule has 146 valence electrons. The van der Waals surface area contributed by atoms with Crippen molar-refractivity contribution in [3.8, 4) is 0 Å². The van der Waals surface area contributed by atoms with E-state index in [1.54, 1.807) is 0 Å². The first-order valence-corrected chi connectivity index (χ1v) is 9.62. The molecule has 0 unspecified atom stereocenters. The van der Waals surface area contributed by atoms with Gasteiger partial charge in [0.1, 0.15) is 5.82 Å².